The molecule has 1 fully saturated rings. The fraction of sp³-hybridized carbons (Fsp3) is 1.00. The summed E-state index contributed by atoms with van der Waals surface area (Å²) in [7, 11) is -4.37. The number of hydrogen-bond donors (Lipinski definition) is 1. The highest BCUT2D eigenvalue weighted by atomic mass is 32.2. The van der Waals surface area contributed by atoms with E-state index < -0.39 is 15.6 Å². The van der Waals surface area contributed by atoms with Gasteiger partial charge in [-0.15, -0.1) is 0 Å². The molecule has 2 atom stereocenters. The first-order valence-electron chi connectivity index (χ1n) is 4.57. The lowest BCUT2D eigenvalue weighted by molar-refractivity contribution is -0.0510. The molecule has 8 heteroatoms. The summed E-state index contributed by atoms with van der Waals surface area (Å²) in [6.07, 6.45) is 2.95. The quantitative estimate of drug-likeness (QED) is 0.405. The number of rotatable bonds is 0. The van der Waals surface area contributed by atoms with E-state index in [1.807, 2.05) is 0 Å². The first kappa shape index (κ1) is 14.8. The smallest absolute Gasteiger partial charge is 0.279 e. The molecule has 0 radical (unpaired) electrons. The fourth-order valence-electron chi connectivity index (χ4n) is 1.49. The van der Waals surface area contributed by atoms with Crippen LogP contribution in [0.1, 0.15) is 26.7 Å². The summed E-state index contributed by atoms with van der Waals surface area (Å²) >= 11 is 0. The molecule has 0 aliphatic carbocycles. The molecule has 1 N–H and O–H groups in total. The van der Waals surface area contributed by atoms with Crippen molar-refractivity contribution in [2.45, 2.75) is 43.8 Å². The van der Waals surface area contributed by atoms with Crippen LogP contribution in [-0.4, -0.2) is 25.8 Å². The van der Waals surface area contributed by atoms with Crippen LogP contribution in [0.2, 0.25) is 11.6 Å². The average Bonchev–Trinajstić information content (AvgIpc) is 2.31. The molecule has 90 valence electrons. The Labute approximate surface area is 88.0 Å². The van der Waals surface area contributed by atoms with Gasteiger partial charge < -0.3 is 0 Å². The monoisotopic (exact) mass is 246 g/mol. The van der Waals surface area contributed by atoms with Crippen LogP contribution in [0.4, 0.5) is 13.2 Å². The molecule has 1 aliphatic rings. The normalized spacial score (nSPS) is 26.5. The lowest BCUT2D eigenvalue weighted by atomic mass is 9.62. The molecule has 0 aromatic heterocycles. The van der Waals surface area contributed by atoms with E-state index in [2.05, 4.69) is 13.8 Å². The van der Waals surface area contributed by atoms with E-state index in [0.717, 1.165) is 11.6 Å². The molecule has 1 saturated heterocycles. The maximum Gasteiger partial charge on any atom is 0.522 e. The predicted molar refractivity (Wildman–Crippen MR) is 52.8 cm³/mol. The Balaban J connectivity index is 0.000000262. The van der Waals surface area contributed by atoms with Gasteiger partial charge in [0.1, 0.15) is 7.28 Å². The predicted octanol–water partition coefficient (Wildman–Crippen LogP) is 2.23. The second kappa shape index (κ2) is 5.20. The topological polar surface area (TPSA) is 54.4 Å². The molecule has 0 unspecified atom stereocenters. The second-order valence-corrected chi connectivity index (χ2v) is 5.36. The van der Waals surface area contributed by atoms with Crippen molar-refractivity contribution in [2.24, 2.45) is 0 Å². The average molecular weight is 246 g/mol. The van der Waals surface area contributed by atoms with Gasteiger partial charge in [0.2, 0.25) is 0 Å². The molecule has 0 bridgehead atoms. The van der Waals surface area contributed by atoms with Crippen molar-refractivity contribution in [3.8, 4) is 0 Å². The minimum Gasteiger partial charge on any atom is -0.279 e. The standard InChI is InChI=1S/C6H13B.CHF3O3S/c1-5-3-4-6(2)7-5;2-1(3,4)8(5,6)7/h5-7H,3-4H2,1-2H3;(H,5,6,7)/t5-,6-;/m0./s1. The Hall–Kier alpha value is -0.235. The third-order valence-corrected chi connectivity index (χ3v) is 2.83. The van der Waals surface area contributed by atoms with E-state index in [9.17, 15) is 13.2 Å². The van der Waals surface area contributed by atoms with Crippen molar-refractivity contribution in [3.05, 3.63) is 0 Å². The van der Waals surface area contributed by atoms with Crippen molar-refractivity contribution in [1.29, 1.82) is 0 Å². The van der Waals surface area contributed by atoms with Gasteiger partial charge in [0, 0.05) is 0 Å². The van der Waals surface area contributed by atoms with Crippen LogP contribution < -0.4 is 0 Å². The Morgan fingerprint density at radius 1 is 1.20 bits per heavy atom. The van der Waals surface area contributed by atoms with Gasteiger partial charge in [0.05, 0.1) is 0 Å². The molecular weight excluding hydrogens is 232 g/mol. The van der Waals surface area contributed by atoms with E-state index in [-0.39, 0.29) is 0 Å². The van der Waals surface area contributed by atoms with Crippen molar-refractivity contribution < 1.29 is 26.1 Å². The second-order valence-electron chi connectivity index (χ2n) is 3.94. The van der Waals surface area contributed by atoms with E-state index in [0.29, 0.717) is 0 Å². The molecule has 0 saturated carbocycles. The molecule has 1 rings (SSSR count). The lowest BCUT2D eigenvalue weighted by Crippen LogP contribution is -2.21. The van der Waals surface area contributed by atoms with Crippen LogP contribution in [0.25, 0.3) is 0 Å². The van der Waals surface area contributed by atoms with Crippen LogP contribution in [0.5, 0.6) is 0 Å². The van der Waals surface area contributed by atoms with E-state index >= 15 is 0 Å². The van der Waals surface area contributed by atoms with Crippen LogP contribution in [0, 0.1) is 0 Å². The molecule has 1 aliphatic heterocycles. The molecule has 0 aromatic rings. The zero-order valence-corrected chi connectivity index (χ0v) is 9.40. The van der Waals surface area contributed by atoms with Gasteiger partial charge in [-0.3, -0.25) is 4.55 Å². The van der Waals surface area contributed by atoms with Gasteiger partial charge >= 0.3 is 15.6 Å². The van der Waals surface area contributed by atoms with E-state index in [1.54, 1.807) is 0 Å². The Bertz CT molecular complexity index is 280. The van der Waals surface area contributed by atoms with Crippen molar-refractivity contribution in [2.75, 3.05) is 0 Å². The summed E-state index contributed by atoms with van der Waals surface area (Å²) in [5, 5.41) is 0. The number of hydrogen-bond acceptors (Lipinski definition) is 2. The van der Waals surface area contributed by atoms with Crippen LogP contribution in [-0.2, 0) is 10.1 Å². The largest absolute Gasteiger partial charge is 0.522 e. The van der Waals surface area contributed by atoms with Crippen molar-refractivity contribution in [1.82, 2.24) is 0 Å². The fourth-order valence-corrected chi connectivity index (χ4v) is 1.49. The van der Waals surface area contributed by atoms with E-state index in [1.165, 1.54) is 20.1 Å². The summed E-state index contributed by atoms with van der Waals surface area (Å²) in [5.41, 5.74) is -5.53. The number of halogens is 3. The van der Waals surface area contributed by atoms with Crippen LogP contribution in [0.3, 0.4) is 0 Å². The minimum absolute atomic E-state index is 1.02. The molecule has 15 heavy (non-hydrogen) atoms. The molecule has 3 nitrogen and oxygen atoms in total. The summed E-state index contributed by atoms with van der Waals surface area (Å²) in [5.74, 6) is 2.05. The Morgan fingerprint density at radius 2 is 1.47 bits per heavy atom. The van der Waals surface area contributed by atoms with Gasteiger partial charge in [-0.2, -0.15) is 21.6 Å². The summed E-state index contributed by atoms with van der Waals surface area (Å²) in [4.78, 5) is 0. The third kappa shape index (κ3) is 6.04. The lowest BCUT2D eigenvalue weighted by Gasteiger charge is -1.97. The SMILES string of the molecule is C[C@@H]1B[C@@H](C)CC1.O=S(=O)(O)C(F)(F)F. The number of alkyl halides is 3. The van der Waals surface area contributed by atoms with Gasteiger partial charge in [-0.1, -0.05) is 38.3 Å². The third-order valence-electron chi connectivity index (χ3n) is 2.25. The molecular formula is C7H14BF3O3S. The van der Waals surface area contributed by atoms with Gasteiger partial charge in [0.25, 0.3) is 0 Å². The maximum absolute atomic E-state index is 10.7. The molecule has 0 aromatic carbocycles. The maximum atomic E-state index is 10.7. The first-order chi connectivity index (χ1) is 6.54. The summed E-state index contributed by atoms with van der Waals surface area (Å²) < 4.78 is 57.5. The Kier molecular flexibility index (Phi) is 5.12. The zero-order valence-electron chi connectivity index (χ0n) is 8.58. The summed E-state index contributed by atoms with van der Waals surface area (Å²) in [6, 6.07) is 0. The van der Waals surface area contributed by atoms with E-state index in [4.69, 9.17) is 13.0 Å². The first-order valence-corrected chi connectivity index (χ1v) is 6.01. The summed E-state index contributed by atoms with van der Waals surface area (Å²) in [6.45, 7) is 4.70. The van der Waals surface area contributed by atoms with Crippen LogP contribution >= 0.6 is 0 Å². The highest BCUT2D eigenvalue weighted by Gasteiger charge is 2.44. The van der Waals surface area contributed by atoms with Crippen molar-refractivity contribution >= 4 is 17.4 Å². The zero-order chi connectivity index (χ0) is 12.3. The molecule has 0 spiro atoms. The van der Waals surface area contributed by atoms with Crippen LogP contribution in [0.15, 0.2) is 0 Å². The molecule has 0 amide bonds. The minimum atomic E-state index is -5.84. The highest BCUT2D eigenvalue weighted by molar-refractivity contribution is 7.86. The Morgan fingerprint density at radius 3 is 1.53 bits per heavy atom. The van der Waals surface area contributed by atoms with Gasteiger partial charge in [-0.25, -0.2) is 0 Å². The molecule has 1 heterocycles. The highest BCUT2D eigenvalue weighted by Crippen LogP contribution is 2.30. The van der Waals surface area contributed by atoms with Gasteiger partial charge in [-0.05, 0) is 0 Å². The van der Waals surface area contributed by atoms with Gasteiger partial charge in [0.15, 0.2) is 0 Å². The van der Waals surface area contributed by atoms with Crippen molar-refractivity contribution in [3.63, 3.8) is 0 Å².